The van der Waals surface area contributed by atoms with E-state index in [0.29, 0.717) is 28.1 Å². The Bertz CT molecular complexity index is 2080. The Hall–Kier alpha value is -4.41. The molecular formula is C32H26N2O6S2. The van der Waals surface area contributed by atoms with Crippen LogP contribution in [-0.4, -0.2) is 46.7 Å². The molecule has 1 unspecified atom stereocenters. The molecule has 0 N–H and O–H groups in total. The third-order valence-corrected chi connectivity index (χ3v) is 9.99. The number of rotatable bonds is 5. The molecule has 2 aliphatic rings. The number of aliphatic imine (C=N–C) groups is 1. The molecule has 0 saturated carbocycles. The number of hydrogen-bond acceptors (Lipinski definition) is 8. The quantitative estimate of drug-likeness (QED) is 0.297. The van der Waals surface area contributed by atoms with Crippen molar-refractivity contribution in [3.8, 4) is 0 Å². The number of fused-ring (bicyclic) bond motifs is 5. The lowest BCUT2D eigenvalue weighted by Gasteiger charge is -2.43. The Balaban J connectivity index is 1.66. The van der Waals surface area contributed by atoms with E-state index in [4.69, 9.17) is 4.99 Å². The van der Waals surface area contributed by atoms with Crippen LogP contribution in [-0.2, 0) is 25.2 Å². The second-order valence-electron chi connectivity index (χ2n) is 10.8. The van der Waals surface area contributed by atoms with Crippen LogP contribution in [0.15, 0.2) is 99.7 Å². The summed E-state index contributed by atoms with van der Waals surface area (Å²) in [5, 5.41) is 0. The van der Waals surface area contributed by atoms with Gasteiger partial charge in [-0.1, -0.05) is 41.5 Å². The van der Waals surface area contributed by atoms with E-state index < -0.39 is 31.0 Å². The number of ketones is 2. The molecule has 6 rings (SSSR count). The highest BCUT2D eigenvalue weighted by Gasteiger charge is 2.59. The molecule has 2 aliphatic heterocycles. The topological polar surface area (TPSA) is 118 Å². The summed E-state index contributed by atoms with van der Waals surface area (Å²) in [6.07, 6.45) is 2.20. The zero-order valence-electron chi connectivity index (χ0n) is 23.2. The number of anilines is 1. The molecule has 212 valence electrons. The van der Waals surface area contributed by atoms with E-state index in [2.05, 4.69) is 0 Å². The van der Waals surface area contributed by atoms with Gasteiger partial charge in [-0.3, -0.25) is 9.59 Å². The fourth-order valence-electron chi connectivity index (χ4n) is 5.71. The van der Waals surface area contributed by atoms with Crippen LogP contribution in [0.1, 0.15) is 43.0 Å². The van der Waals surface area contributed by atoms with Crippen molar-refractivity contribution < 1.29 is 26.4 Å². The monoisotopic (exact) mass is 598 g/mol. The van der Waals surface area contributed by atoms with E-state index in [-0.39, 0.29) is 27.0 Å². The summed E-state index contributed by atoms with van der Waals surface area (Å²) in [6.45, 7) is 3.77. The van der Waals surface area contributed by atoms with Gasteiger partial charge in [0.05, 0.1) is 21.2 Å². The molecule has 0 amide bonds. The number of amidine groups is 1. The highest BCUT2D eigenvalue weighted by Crippen LogP contribution is 2.54. The molecule has 0 spiro atoms. The molecule has 0 fully saturated rings. The first kappa shape index (κ1) is 27.7. The van der Waals surface area contributed by atoms with Crippen LogP contribution in [0, 0.1) is 13.8 Å². The molecular weight excluding hydrogens is 572 g/mol. The minimum Gasteiger partial charge on any atom is -0.300 e. The van der Waals surface area contributed by atoms with E-state index >= 15 is 0 Å². The lowest BCUT2D eigenvalue weighted by atomic mass is 9.76. The molecule has 0 radical (unpaired) electrons. The molecule has 4 aromatic carbocycles. The van der Waals surface area contributed by atoms with Crippen molar-refractivity contribution in [2.75, 3.05) is 17.4 Å². The van der Waals surface area contributed by atoms with Crippen molar-refractivity contribution in [3.05, 3.63) is 118 Å². The van der Waals surface area contributed by atoms with E-state index in [9.17, 15) is 26.4 Å². The maximum Gasteiger partial charge on any atom is 0.228 e. The summed E-state index contributed by atoms with van der Waals surface area (Å²) >= 11 is 0. The molecule has 0 saturated heterocycles. The van der Waals surface area contributed by atoms with Gasteiger partial charge < -0.3 is 4.90 Å². The lowest BCUT2D eigenvalue weighted by Crippen LogP contribution is -2.55. The van der Waals surface area contributed by atoms with Crippen LogP contribution in [0.3, 0.4) is 0 Å². The van der Waals surface area contributed by atoms with Crippen LogP contribution in [0.25, 0.3) is 0 Å². The first-order chi connectivity index (χ1) is 19.7. The summed E-state index contributed by atoms with van der Waals surface area (Å²) in [5.74, 6) is -0.783. The van der Waals surface area contributed by atoms with E-state index in [1.807, 2.05) is 32.0 Å². The second kappa shape index (κ2) is 9.30. The Morgan fingerprint density at radius 3 is 1.88 bits per heavy atom. The maximum atomic E-state index is 14.7. The second-order valence-corrected chi connectivity index (χ2v) is 14.8. The fourth-order valence-corrected chi connectivity index (χ4v) is 6.98. The fraction of sp³-hybridized carbons (Fsp3) is 0.156. The molecule has 42 heavy (non-hydrogen) atoms. The van der Waals surface area contributed by atoms with Gasteiger partial charge in [0, 0.05) is 29.2 Å². The van der Waals surface area contributed by atoms with Gasteiger partial charge in [-0.25, -0.2) is 21.8 Å². The number of sulfone groups is 2. The summed E-state index contributed by atoms with van der Waals surface area (Å²) in [4.78, 5) is 35.5. The van der Waals surface area contributed by atoms with Crippen molar-refractivity contribution in [1.82, 2.24) is 0 Å². The minimum absolute atomic E-state index is 0.0124. The highest BCUT2D eigenvalue weighted by atomic mass is 32.2. The predicted octanol–water partition coefficient (Wildman–Crippen LogP) is 4.98. The summed E-state index contributed by atoms with van der Waals surface area (Å²) < 4.78 is 48.6. The number of carbonyl (C=O) groups excluding carboxylic acids is 2. The lowest BCUT2D eigenvalue weighted by molar-refractivity contribution is 0.0931. The van der Waals surface area contributed by atoms with Gasteiger partial charge >= 0.3 is 0 Å². The van der Waals surface area contributed by atoms with Crippen LogP contribution >= 0.6 is 0 Å². The van der Waals surface area contributed by atoms with Gasteiger partial charge in [-0.05, 0) is 74.0 Å². The third-order valence-electron chi connectivity index (χ3n) is 7.73. The number of aryl methyl sites for hydroxylation is 2. The Morgan fingerprint density at radius 2 is 1.29 bits per heavy atom. The molecule has 8 nitrogen and oxygen atoms in total. The largest absolute Gasteiger partial charge is 0.300 e. The van der Waals surface area contributed by atoms with Crippen LogP contribution in [0.2, 0.25) is 0 Å². The van der Waals surface area contributed by atoms with Crippen LogP contribution < -0.4 is 4.90 Å². The van der Waals surface area contributed by atoms with Crippen molar-refractivity contribution >= 4 is 48.5 Å². The average molecular weight is 599 g/mol. The summed E-state index contributed by atoms with van der Waals surface area (Å²) in [6, 6.07) is 22.6. The number of benzene rings is 4. The van der Waals surface area contributed by atoms with Crippen molar-refractivity contribution in [3.63, 3.8) is 0 Å². The maximum absolute atomic E-state index is 14.7. The van der Waals surface area contributed by atoms with E-state index in [0.717, 1.165) is 23.6 Å². The Labute approximate surface area is 244 Å². The molecule has 0 aliphatic carbocycles. The van der Waals surface area contributed by atoms with Crippen molar-refractivity contribution in [2.45, 2.75) is 29.2 Å². The van der Waals surface area contributed by atoms with Gasteiger partial charge in [-0.2, -0.15) is 0 Å². The SMILES string of the molecule is Cc1ccc2c(c1)C(=O)C1(c3ccc(S(C)(=O)=O)cc3)c3cc(C)ccc3N=C(C(=O)c3ccc(S(C)(=O)=O)cc3)N21. The molecule has 2 heterocycles. The predicted molar refractivity (Wildman–Crippen MR) is 160 cm³/mol. The standard InChI is InChI=1S/C32H26N2O6S2/c1-19-6-16-28-25(17-19)30(36)32(22-9-13-24(14-10-22)42(4,39)40)26-18-20(2)5-15-27(26)33-31(34(28)32)29(35)21-7-11-23(12-8-21)41(3,37)38/h5-18H,1-4H3. The van der Waals surface area contributed by atoms with Gasteiger partial charge in [0.2, 0.25) is 5.78 Å². The van der Waals surface area contributed by atoms with E-state index in [1.165, 1.54) is 36.4 Å². The van der Waals surface area contributed by atoms with Crippen LogP contribution in [0.5, 0.6) is 0 Å². The van der Waals surface area contributed by atoms with Crippen molar-refractivity contribution in [2.24, 2.45) is 4.99 Å². The number of Topliss-reactive ketones (excluding diaryl/α,β-unsaturated/α-hetero) is 2. The third kappa shape index (κ3) is 4.13. The van der Waals surface area contributed by atoms with Crippen molar-refractivity contribution in [1.29, 1.82) is 0 Å². The zero-order chi connectivity index (χ0) is 30.2. The van der Waals surface area contributed by atoms with Gasteiger partial charge in [-0.15, -0.1) is 0 Å². The average Bonchev–Trinajstić information content (AvgIpc) is 3.20. The summed E-state index contributed by atoms with van der Waals surface area (Å²) in [7, 11) is -6.99. The highest BCUT2D eigenvalue weighted by molar-refractivity contribution is 7.91. The van der Waals surface area contributed by atoms with E-state index in [1.54, 1.807) is 35.2 Å². The number of carbonyl (C=O) groups is 2. The Morgan fingerprint density at radius 1 is 0.738 bits per heavy atom. The number of nitrogens with zero attached hydrogens (tertiary/aromatic N) is 2. The smallest absolute Gasteiger partial charge is 0.228 e. The molecule has 0 bridgehead atoms. The summed E-state index contributed by atoms with van der Waals surface area (Å²) in [5.41, 5.74) is 2.76. The molecule has 4 aromatic rings. The normalized spacial score (nSPS) is 17.8. The number of hydrogen-bond donors (Lipinski definition) is 0. The van der Waals surface area contributed by atoms with Gasteiger partial charge in [0.1, 0.15) is 0 Å². The Kier molecular flexibility index (Phi) is 6.14. The molecule has 10 heteroatoms. The molecule has 1 atom stereocenters. The van der Waals surface area contributed by atoms with Gasteiger partial charge in [0.15, 0.2) is 36.8 Å². The minimum atomic E-state index is -3.51. The zero-order valence-corrected chi connectivity index (χ0v) is 24.9. The first-order valence-electron chi connectivity index (χ1n) is 13.0. The van der Waals surface area contributed by atoms with Gasteiger partial charge in [0.25, 0.3) is 0 Å². The first-order valence-corrected chi connectivity index (χ1v) is 16.8. The molecule has 0 aromatic heterocycles. The van der Waals surface area contributed by atoms with Crippen LogP contribution in [0.4, 0.5) is 11.4 Å².